The summed E-state index contributed by atoms with van der Waals surface area (Å²) in [5.74, 6) is 0.334. The largest absolute Gasteiger partial charge is 0.355 e. The van der Waals surface area contributed by atoms with Crippen LogP contribution in [0.5, 0.6) is 0 Å². The van der Waals surface area contributed by atoms with E-state index in [0.717, 1.165) is 44.5 Å². The first-order valence-electron chi connectivity index (χ1n) is 7.96. The maximum atomic E-state index is 13.5. The Morgan fingerprint density at radius 2 is 2.24 bits per heavy atom. The molecule has 2 N–H and O–H groups in total. The number of rotatable bonds is 4. The third-order valence-electron chi connectivity index (χ3n) is 4.97. The van der Waals surface area contributed by atoms with Gasteiger partial charge in [0.05, 0.1) is 5.41 Å². The number of carbonyl (C=O) groups excluding carboxylic acids is 1. The van der Waals surface area contributed by atoms with E-state index in [0.29, 0.717) is 5.92 Å². The van der Waals surface area contributed by atoms with Gasteiger partial charge in [-0.05, 0) is 62.4 Å². The van der Waals surface area contributed by atoms with Crippen LogP contribution in [0.25, 0.3) is 0 Å². The van der Waals surface area contributed by atoms with Crippen LogP contribution in [0.4, 0.5) is 4.39 Å². The summed E-state index contributed by atoms with van der Waals surface area (Å²) in [6.07, 6.45) is 5.03. The van der Waals surface area contributed by atoms with Crippen LogP contribution in [-0.4, -0.2) is 25.5 Å². The van der Waals surface area contributed by atoms with Gasteiger partial charge in [-0.3, -0.25) is 4.79 Å². The Labute approximate surface area is 125 Å². The first-order chi connectivity index (χ1) is 10.2. The van der Waals surface area contributed by atoms with Gasteiger partial charge in [0.1, 0.15) is 5.82 Å². The fraction of sp³-hybridized carbons (Fsp3) is 0.588. The second-order valence-electron chi connectivity index (χ2n) is 6.37. The van der Waals surface area contributed by atoms with E-state index < -0.39 is 5.41 Å². The average Bonchev–Trinajstić information content (AvgIpc) is 2.45. The number of nitrogens with one attached hydrogen (secondary N) is 2. The Balaban J connectivity index is 1.66. The van der Waals surface area contributed by atoms with Gasteiger partial charge in [0.25, 0.3) is 0 Å². The molecule has 0 radical (unpaired) electrons. The van der Waals surface area contributed by atoms with E-state index in [1.54, 1.807) is 6.07 Å². The smallest absolute Gasteiger partial charge is 0.230 e. The van der Waals surface area contributed by atoms with Crippen molar-refractivity contribution in [3.8, 4) is 0 Å². The van der Waals surface area contributed by atoms with Crippen LogP contribution in [-0.2, 0) is 10.2 Å². The van der Waals surface area contributed by atoms with E-state index >= 15 is 0 Å². The third-order valence-corrected chi connectivity index (χ3v) is 4.97. The zero-order valence-electron chi connectivity index (χ0n) is 12.3. The molecule has 0 spiro atoms. The van der Waals surface area contributed by atoms with Crippen LogP contribution in [0, 0.1) is 11.7 Å². The summed E-state index contributed by atoms with van der Waals surface area (Å²) in [6, 6.07) is 6.52. The molecule has 1 aromatic carbocycles. The minimum Gasteiger partial charge on any atom is -0.355 e. The molecule has 3 nitrogen and oxygen atoms in total. The molecule has 1 aromatic rings. The van der Waals surface area contributed by atoms with E-state index in [2.05, 4.69) is 10.6 Å². The van der Waals surface area contributed by atoms with Crippen molar-refractivity contribution in [2.24, 2.45) is 5.92 Å². The first kappa shape index (κ1) is 14.5. The summed E-state index contributed by atoms with van der Waals surface area (Å²) >= 11 is 0. The molecule has 1 aliphatic heterocycles. The molecule has 1 amide bonds. The Morgan fingerprint density at radius 1 is 1.38 bits per heavy atom. The molecule has 114 valence electrons. The van der Waals surface area contributed by atoms with Crippen molar-refractivity contribution in [2.75, 3.05) is 19.6 Å². The van der Waals surface area contributed by atoms with E-state index in [1.165, 1.54) is 25.0 Å². The number of hydrogen-bond donors (Lipinski definition) is 2. The minimum absolute atomic E-state index is 0.0740. The maximum absolute atomic E-state index is 13.5. The lowest BCUT2D eigenvalue weighted by Gasteiger charge is -2.41. The Kier molecular flexibility index (Phi) is 4.24. The quantitative estimate of drug-likeness (QED) is 0.894. The zero-order valence-corrected chi connectivity index (χ0v) is 12.3. The highest BCUT2D eigenvalue weighted by atomic mass is 19.1. The van der Waals surface area contributed by atoms with Gasteiger partial charge in [-0.1, -0.05) is 18.6 Å². The number of amides is 1. The van der Waals surface area contributed by atoms with Gasteiger partial charge >= 0.3 is 0 Å². The van der Waals surface area contributed by atoms with Crippen LogP contribution in [0.2, 0.25) is 0 Å². The normalized spacial score (nSPS) is 24.1. The number of hydrogen-bond acceptors (Lipinski definition) is 2. The van der Waals surface area contributed by atoms with Gasteiger partial charge in [0, 0.05) is 6.54 Å². The molecule has 1 atom stereocenters. The standard InChI is InChI=1S/C17H23FN2O/c18-15-6-1-5-14(10-15)17(7-3-8-17)16(21)20-12-13-4-2-9-19-11-13/h1,5-6,10,13,19H,2-4,7-9,11-12H2,(H,20,21). The predicted molar refractivity (Wildman–Crippen MR) is 80.5 cm³/mol. The molecule has 0 bridgehead atoms. The molecule has 1 saturated heterocycles. The minimum atomic E-state index is -0.496. The Morgan fingerprint density at radius 3 is 2.86 bits per heavy atom. The summed E-state index contributed by atoms with van der Waals surface area (Å²) in [7, 11) is 0. The second kappa shape index (κ2) is 6.14. The lowest BCUT2D eigenvalue weighted by molar-refractivity contribution is -0.130. The summed E-state index contributed by atoms with van der Waals surface area (Å²) in [6.45, 7) is 2.79. The van der Waals surface area contributed by atoms with Crippen molar-refractivity contribution in [2.45, 2.75) is 37.5 Å². The Bertz CT molecular complexity index is 507. The highest BCUT2D eigenvalue weighted by Crippen LogP contribution is 2.44. The second-order valence-corrected chi connectivity index (χ2v) is 6.37. The molecule has 2 aliphatic rings. The highest BCUT2D eigenvalue weighted by molar-refractivity contribution is 5.89. The first-order valence-corrected chi connectivity index (χ1v) is 7.96. The van der Waals surface area contributed by atoms with Crippen molar-refractivity contribution in [3.63, 3.8) is 0 Å². The summed E-state index contributed by atoms with van der Waals surface area (Å²) in [5.41, 5.74) is 0.331. The fourth-order valence-corrected chi connectivity index (χ4v) is 3.47. The molecule has 1 aliphatic carbocycles. The lowest BCUT2D eigenvalue weighted by atomic mass is 9.63. The average molecular weight is 290 g/mol. The molecular formula is C17H23FN2O. The highest BCUT2D eigenvalue weighted by Gasteiger charge is 2.45. The van der Waals surface area contributed by atoms with Gasteiger partial charge in [0.2, 0.25) is 5.91 Å². The van der Waals surface area contributed by atoms with Crippen molar-refractivity contribution >= 4 is 5.91 Å². The van der Waals surface area contributed by atoms with Crippen LogP contribution in [0.3, 0.4) is 0 Å². The third kappa shape index (κ3) is 2.95. The summed E-state index contributed by atoms with van der Waals surface area (Å²) < 4.78 is 13.5. The van der Waals surface area contributed by atoms with Gasteiger partial charge < -0.3 is 10.6 Å². The van der Waals surface area contributed by atoms with Crippen LogP contribution < -0.4 is 10.6 Å². The van der Waals surface area contributed by atoms with Gasteiger partial charge in [-0.15, -0.1) is 0 Å². The molecule has 1 saturated carbocycles. The molecule has 4 heteroatoms. The zero-order chi connectivity index (χ0) is 14.7. The predicted octanol–water partition coefficient (Wildman–Crippen LogP) is 2.36. The van der Waals surface area contributed by atoms with Gasteiger partial charge in [-0.25, -0.2) is 4.39 Å². The monoisotopic (exact) mass is 290 g/mol. The molecule has 21 heavy (non-hydrogen) atoms. The number of piperidine rings is 1. The SMILES string of the molecule is O=C(NCC1CCCNC1)C1(c2cccc(F)c2)CCC1. The van der Waals surface area contributed by atoms with E-state index in [4.69, 9.17) is 0 Å². The molecule has 2 fully saturated rings. The molecule has 1 heterocycles. The van der Waals surface area contributed by atoms with Crippen molar-refractivity contribution in [1.82, 2.24) is 10.6 Å². The van der Waals surface area contributed by atoms with E-state index in [9.17, 15) is 9.18 Å². The van der Waals surface area contributed by atoms with Crippen molar-refractivity contribution in [3.05, 3.63) is 35.6 Å². The number of carbonyl (C=O) groups is 1. The van der Waals surface area contributed by atoms with Gasteiger partial charge in [0.15, 0.2) is 0 Å². The fourth-order valence-electron chi connectivity index (χ4n) is 3.47. The molecule has 1 unspecified atom stereocenters. The lowest BCUT2D eigenvalue weighted by Crippen LogP contribution is -2.51. The number of halogens is 1. The van der Waals surface area contributed by atoms with Gasteiger partial charge in [-0.2, -0.15) is 0 Å². The van der Waals surface area contributed by atoms with E-state index in [-0.39, 0.29) is 11.7 Å². The van der Waals surface area contributed by atoms with Crippen LogP contribution >= 0.6 is 0 Å². The topological polar surface area (TPSA) is 41.1 Å². The van der Waals surface area contributed by atoms with Crippen molar-refractivity contribution < 1.29 is 9.18 Å². The number of benzene rings is 1. The van der Waals surface area contributed by atoms with Crippen molar-refractivity contribution in [1.29, 1.82) is 0 Å². The molecule has 0 aromatic heterocycles. The van der Waals surface area contributed by atoms with Crippen LogP contribution in [0.1, 0.15) is 37.7 Å². The molecular weight excluding hydrogens is 267 g/mol. The maximum Gasteiger partial charge on any atom is 0.230 e. The summed E-state index contributed by atoms with van der Waals surface area (Å²) in [4.78, 5) is 12.6. The summed E-state index contributed by atoms with van der Waals surface area (Å²) in [5, 5.41) is 6.48. The Hall–Kier alpha value is -1.42. The molecule has 3 rings (SSSR count). The van der Waals surface area contributed by atoms with Crippen LogP contribution in [0.15, 0.2) is 24.3 Å². The van der Waals surface area contributed by atoms with E-state index in [1.807, 2.05) is 6.07 Å².